The Morgan fingerprint density at radius 3 is 2.14 bits per heavy atom. The topological polar surface area (TPSA) is 64.6 Å². The SMILES string of the molecule is O=S(=O)(NCC1(c2ccc(F)cc2)CCOCC1)c1ccc(OC(F)(F)F)cc1. The number of nitrogens with one attached hydrogen (secondary N) is 1. The van der Waals surface area contributed by atoms with Gasteiger partial charge in [0.25, 0.3) is 0 Å². The third-order valence-corrected chi connectivity index (χ3v) is 6.29. The first kappa shape index (κ1) is 21.5. The molecule has 5 nitrogen and oxygen atoms in total. The molecule has 0 unspecified atom stereocenters. The molecule has 0 spiro atoms. The predicted octanol–water partition coefficient (Wildman–Crippen LogP) is 3.75. The van der Waals surface area contributed by atoms with Crippen LogP contribution >= 0.6 is 0 Å². The van der Waals surface area contributed by atoms with Crippen LogP contribution in [0.3, 0.4) is 0 Å². The Labute approximate surface area is 165 Å². The average Bonchev–Trinajstić information content (AvgIpc) is 2.67. The fraction of sp³-hybridized carbons (Fsp3) is 0.368. The van der Waals surface area contributed by atoms with Crippen LogP contribution in [-0.4, -0.2) is 34.5 Å². The number of alkyl halides is 3. The molecule has 0 saturated carbocycles. The lowest BCUT2D eigenvalue weighted by Gasteiger charge is -2.37. The molecule has 1 aliphatic heterocycles. The van der Waals surface area contributed by atoms with E-state index in [1.54, 1.807) is 12.1 Å². The standard InChI is InChI=1S/C19H19F4NO4S/c20-15-3-1-14(2-4-15)18(9-11-27-12-10-18)13-24-29(25,26)17-7-5-16(6-8-17)28-19(21,22)23/h1-8,24H,9-13H2. The Morgan fingerprint density at radius 2 is 1.59 bits per heavy atom. The van der Waals surface area contributed by atoms with Gasteiger partial charge in [-0.05, 0) is 54.8 Å². The second-order valence-electron chi connectivity index (χ2n) is 6.74. The Morgan fingerprint density at radius 1 is 1.00 bits per heavy atom. The van der Waals surface area contributed by atoms with Crippen molar-refractivity contribution in [3.8, 4) is 5.75 Å². The van der Waals surface area contributed by atoms with Crippen molar-refractivity contribution in [2.75, 3.05) is 19.8 Å². The van der Waals surface area contributed by atoms with Gasteiger partial charge in [-0.25, -0.2) is 17.5 Å². The highest BCUT2D eigenvalue weighted by molar-refractivity contribution is 7.89. The lowest BCUT2D eigenvalue weighted by molar-refractivity contribution is -0.274. The minimum Gasteiger partial charge on any atom is -0.406 e. The van der Waals surface area contributed by atoms with Crippen molar-refractivity contribution < 1.29 is 35.5 Å². The van der Waals surface area contributed by atoms with Gasteiger partial charge >= 0.3 is 6.36 Å². The molecule has 1 fully saturated rings. The molecule has 1 saturated heterocycles. The van der Waals surface area contributed by atoms with Crippen molar-refractivity contribution in [3.63, 3.8) is 0 Å². The molecule has 0 bridgehead atoms. The van der Waals surface area contributed by atoms with Crippen LogP contribution in [0.15, 0.2) is 53.4 Å². The van der Waals surface area contributed by atoms with E-state index < -0.39 is 33.4 Å². The van der Waals surface area contributed by atoms with Crippen LogP contribution in [0.1, 0.15) is 18.4 Å². The number of halogens is 4. The molecule has 1 heterocycles. The Kier molecular flexibility index (Phi) is 6.16. The van der Waals surface area contributed by atoms with Crippen LogP contribution in [0.25, 0.3) is 0 Å². The molecule has 158 valence electrons. The Hall–Kier alpha value is -2.17. The van der Waals surface area contributed by atoms with Gasteiger partial charge in [0.15, 0.2) is 0 Å². The van der Waals surface area contributed by atoms with Crippen LogP contribution in [-0.2, 0) is 20.2 Å². The summed E-state index contributed by atoms with van der Waals surface area (Å²) in [4.78, 5) is -0.187. The second-order valence-corrected chi connectivity index (χ2v) is 8.51. The second kappa shape index (κ2) is 8.29. The molecule has 2 aromatic carbocycles. The first-order valence-electron chi connectivity index (χ1n) is 8.79. The van der Waals surface area contributed by atoms with E-state index in [1.807, 2.05) is 0 Å². The van der Waals surface area contributed by atoms with Crippen LogP contribution in [0, 0.1) is 5.82 Å². The zero-order chi connectivity index (χ0) is 21.1. The lowest BCUT2D eigenvalue weighted by Crippen LogP contribution is -2.44. The minimum atomic E-state index is -4.86. The highest BCUT2D eigenvalue weighted by Gasteiger charge is 2.36. The molecular formula is C19H19F4NO4S. The van der Waals surface area contributed by atoms with Crippen molar-refractivity contribution in [2.45, 2.75) is 29.5 Å². The predicted molar refractivity (Wildman–Crippen MR) is 96.4 cm³/mol. The van der Waals surface area contributed by atoms with Gasteiger partial charge in [0.2, 0.25) is 10.0 Å². The molecule has 1 N–H and O–H groups in total. The van der Waals surface area contributed by atoms with Gasteiger partial charge in [-0.3, -0.25) is 0 Å². The first-order valence-corrected chi connectivity index (χ1v) is 10.3. The van der Waals surface area contributed by atoms with Crippen molar-refractivity contribution in [1.82, 2.24) is 4.72 Å². The number of ether oxygens (including phenoxy) is 2. The van der Waals surface area contributed by atoms with Crippen molar-refractivity contribution in [1.29, 1.82) is 0 Å². The fourth-order valence-corrected chi connectivity index (χ4v) is 4.40. The molecule has 0 aliphatic carbocycles. The Balaban J connectivity index is 1.77. The van der Waals surface area contributed by atoms with Gasteiger partial charge < -0.3 is 9.47 Å². The smallest absolute Gasteiger partial charge is 0.406 e. The fourth-order valence-electron chi connectivity index (χ4n) is 3.27. The zero-order valence-corrected chi connectivity index (χ0v) is 16.0. The largest absolute Gasteiger partial charge is 0.573 e. The molecule has 0 atom stereocenters. The Bertz CT molecular complexity index is 922. The monoisotopic (exact) mass is 433 g/mol. The van der Waals surface area contributed by atoms with Gasteiger partial charge in [-0.15, -0.1) is 13.2 Å². The van der Waals surface area contributed by atoms with E-state index in [9.17, 15) is 26.0 Å². The van der Waals surface area contributed by atoms with E-state index in [4.69, 9.17) is 4.74 Å². The van der Waals surface area contributed by atoms with E-state index in [0.29, 0.717) is 26.1 Å². The van der Waals surface area contributed by atoms with Gasteiger partial charge in [-0.1, -0.05) is 12.1 Å². The minimum absolute atomic E-state index is 0.0468. The van der Waals surface area contributed by atoms with E-state index in [0.717, 1.165) is 29.8 Å². The summed E-state index contributed by atoms with van der Waals surface area (Å²) in [5, 5.41) is 0. The summed E-state index contributed by atoms with van der Waals surface area (Å²) in [6.45, 7) is 0.913. The van der Waals surface area contributed by atoms with E-state index in [1.165, 1.54) is 12.1 Å². The summed E-state index contributed by atoms with van der Waals surface area (Å²) in [5.41, 5.74) is 0.220. The molecule has 1 aliphatic rings. The molecule has 29 heavy (non-hydrogen) atoms. The average molecular weight is 433 g/mol. The summed E-state index contributed by atoms with van der Waals surface area (Å²) in [7, 11) is -3.98. The number of rotatable bonds is 6. The van der Waals surface area contributed by atoms with Crippen LogP contribution in [0.5, 0.6) is 5.75 Å². The number of hydrogen-bond donors (Lipinski definition) is 1. The van der Waals surface area contributed by atoms with E-state index >= 15 is 0 Å². The summed E-state index contributed by atoms with van der Waals surface area (Å²) in [6.07, 6.45) is -3.78. The maximum atomic E-state index is 13.3. The highest BCUT2D eigenvalue weighted by Crippen LogP contribution is 2.35. The van der Waals surface area contributed by atoms with Gasteiger partial charge in [0.05, 0.1) is 4.90 Å². The third kappa shape index (κ3) is 5.46. The van der Waals surface area contributed by atoms with Gasteiger partial charge in [-0.2, -0.15) is 0 Å². The zero-order valence-electron chi connectivity index (χ0n) is 15.2. The van der Waals surface area contributed by atoms with Crippen molar-refractivity contribution >= 4 is 10.0 Å². The van der Waals surface area contributed by atoms with E-state index in [-0.39, 0.29) is 11.4 Å². The van der Waals surface area contributed by atoms with Gasteiger partial charge in [0, 0.05) is 25.2 Å². The summed E-state index contributed by atoms with van der Waals surface area (Å²) >= 11 is 0. The maximum absolute atomic E-state index is 13.3. The molecular weight excluding hydrogens is 414 g/mol. The first-order chi connectivity index (χ1) is 13.6. The molecule has 10 heteroatoms. The molecule has 0 amide bonds. The molecule has 0 radical (unpaired) electrons. The highest BCUT2D eigenvalue weighted by atomic mass is 32.2. The van der Waals surface area contributed by atoms with Gasteiger partial charge in [0.1, 0.15) is 11.6 Å². The number of hydrogen-bond acceptors (Lipinski definition) is 4. The van der Waals surface area contributed by atoms with Crippen LogP contribution < -0.4 is 9.46 Å². The maximum Gasteiger partial charge on any atom is 0.573 e. The molecule has 3 rings (SSSR count). The third-order valence-electron chi connectivity index (χ3n) is 4.87. The lowest BCUT2D eigenvalue weighted by atomic mass is 9.74. The summed E-state index contributed by atoms with van der Waals surface area (Å²) < 4.78 is 87.0. The number of sulfonamides is 1. The quantitative estimate of drug-likeness (QED) is 0.705. The van der Waals surface area contributed by atoms with Crippen LogP contribution in [0.4, 0.5) is 17.6 Å². The van der Waals surface area contributed by atoms with E-state index in [2.05, 4.69) is 9.46 Å². The summed E-state index contributed by atoms with van der Waals surface area (Å²) in [6, 6.07) is 9.84. The number of benzene rings is 2. The van der Waals surface area contributed by atoms with Crippen molar-refractivity contribution in [2.24, 2.45) is 0 Å². The summed E-state index contributed by atoms with van der Waals surface area (Å²) in [5.74, 6) is -0.902. The normalized spacial score (nSPS) is 17.1. The van der Waals surface area contributed by atoms with Crippen molar-refractivity contribution in [3.05, 3.63) is 59.9 Å². The van der Waals surface area contributed by atoms with Crippen LogP contribution in [0.2, 0.25) is 0 Å². The molecule has 0 aromatic heterocycles. The molecule has 2 aromatic rings.